The summed E-state index contributed by atoms with van der Waals surface area (Å²) in [4.78, 5) is 26.9. The Bertz CT molecular complexity index is 625. The first-order valence-corrected chi connectivity index (χ1v) is 4.96. The first kappa shape index (κ1) is 10.7. The number of nitrogens with one attached hydrogen (secondary N) is 2. The number of aromatic nitrogens is 4. The van der Waals surface area contributed by atoms with Gasteiger partial charge >= 0.3 is 5.69 Å². The quantitative estimate of drug-likeness (QED) is 0.689. The van der Waals surface area contributed by atoms with Crippen LogP contribution in [0.2, 0.25) is 5.02 Å². The molecule has 0 bridgehead atoms. The standard InChI is InChI=1S/C9H9ClN4O2/c1-13-2-3-14(5-13)4-6-7(10)8(15)12-9(16)11-6/h2-3,5H,4H2,1H3,(H-,11,12,15,16)/p+1. The van der Waals surface area contributed by atoms with Gasteiger partial charge in [-0.05, 0) is 0 Å². The van der Waals surface area contributed by atoms with Crippen LogP contribution in [0.3, 0.4) is 0 Å². The molecule has 0 aromatic carbocycles. The average Bonchev–Trinajstić information content (AvgIpc) is 2.60. The summed E-state index contributed by atoms with van der Waals surface area (Å²) in [5.41, 5.74) is -0.732. The summed E-state index contributed by atoms with van der Waals surface area (Å²) in [5, 5.41) is 0.0101. The predicted molar refractivity (Wildman–Crippen MR) is 57.4 cm³/mol. The number of aromatic amines is 2. The Kier molecular flexibility index (Phi) is 2.66. The van der Waals surface area contributed by atoms with E-state index in [4.69, 9.17) is 11.6 Å². The molecule has 0 aliphatic carbocycles. The maximum Gasteiger partial charge on any atom is 0.326 e. The molecule has 0 aliphatic rings. The first-order valence-electron chi connectivity index (χ1n) is 4.58. The van der Waals surface area contributed by atoms with Gasteiger partial charge in [0.25, 0.3) is 5.56 Å². The summed E-state index contributed by atoms with van der Waals surface area (Å²) < 4.78 is 3.65. The molecule has 0 radical (unpaired) electrons. The van der Waals surface area contributed by atoms with Gasteiger partial charge in [0, 0.05) is 0 Å². The molecule has 0 saturated carbocycles. The Morgan fingerprint density at radius 1 is 1.44 bits per heavy atom. The van der Waals surface area contributed by atoms with Crippen LogP contribution in [0.1, 0.15) is 5.69 Å². The van der Waals surface area contributed by atoms with Gasteiger partial charge in [0.05, 0.1) is 12.7 Å². The second-order valence-corrected chi connectivity index (χ2v) is 3.83. The van der Waals surface area contributed by atoms with Crippen LogP contribution >= 0.6 is 11.6 Å². The summed E-state index contributed by atoms with van der Waals surface area (Å²) in [6, 6.07) is 0. The normalized spacial score (nSPS) is 10.6. The van der Waals surface area contributed by atoms with Crippen molar-refractivity contribution in [1.82, 2.24) is 14.5 Å². The van der Waals surface area contributed by atoms with Gasteiger partial charge in [-0.1, -0.05) is 11.6 Å². The highest BCUT2D eigenvalue weighted by Crippen LogP contribution is 2.06. The van der Waals surface area contributed by atoms with Crippen molar-refractivity contribution >= 4 is 11.6 Å². The summed E-state index contributed by atoms with van der Waals surface area (Å²) >= 11 is 5.79. The van der Waals surface area contributed by atoms with Crippen LogP contribution in [0.4, 0.5) is 0 Å². The average molecular weight is 242 g/mol. The van der Waals surface area contributed by atoms with Gasteiger partial charge in [0.15, 0.2) is 0 Å². The number of hydrogen-bond acceptors (Lipinski definition) is 2. The van der Waals surface area contributed by atoms with Gasteiger partial charge in [-0.25, -0.2) is 13.9 Å². The van der Waals surface area contributed by atoms with Crippen molar-refractivity contribution in [2.75, 3.05) is 0 Å². The van der Waals surface area contributed by atoms with Crippen molar-refractivity contribution in [3.8, 4) is 0 Å². The Labute approximate surface area is 95.1 Å². The number of halogens is 1. The number of aryl methyl sites for hydroxylation is 1. The minimum atomic E-state index is -0.572. The molecule has 7 heteroatoms. The third kappa shape index (κ3) is 2.06. The van der Waals surface area contributed by atoms with Crippen LogP contribution in [0.15, 0.2) is 28.3 Å². The van der Waals surface area contributed by atoms with E-state index < -0.39 is 11.2 Å². The van der Waals surface area contributed by atoms with E-state index >= 15 is 0 Å². The number of nitrogens with zero attached hydrogens (tertiary/aromatic N) is 2. The van der Waals surface area contributed by atoms with E-state index in [2.05, 4.69) is 9.97 Å². The maximum absolute atomic E-state index is 11.2. The van der Waals surface area contributed by atoms with E-state index in [-0.39, 0.29) is 5.02 Å². The van der Waals surface area contributed by atoms with E-state index in [1.165, 1.54) is 0 Å². The van der Waals surface area contributed by atoms with Crippen LogP contribution in [-0.2, 0) is 13.6 Å². The monoisotopic (exact) mass is 241 g/mol. The predicted octanol–water partition coefficient (Wildman–Crippen LogP) is -0.609. The Morgan fingerprint density at radius 2 is 2.19 bits per heavy atom. The zero-order chi connectivity index (χ0) is 11.7. The molecular weight excluding hydrogens is 232 g/mol. The zero-order valence-corrected chi connectivity index (χ0v) is 9.28. The van der Waals surface area contributed by atoms with E-state index in [1.807, 2.05) is 30.3 Å². The summed E-state index contributed by atoms with van der Waals surface area (Å²) in [5.74, 6) is 0. The van der Waals surface area contributed by atoms with Crippen LogP contribution < -0.4 is 15.8 Å². The van der Waals surface area contributed by atoms with E-state index in [0.717, 1.165) is 0 Å². The lowest BCUT2D eigenvalue weighted by molar-refractivity contribution is -0.671. The second-order valence-electron chi connectivity index (χ2n) is 3.45. The third-order valence-corrected chi connectivity index (χ3v) is 2.52. The first-order chi connectivity index (χ1) is 7.56. The van der Waals surface area contributed by atoms with Gasteiger partial charge in [0.2, 0.25) is 6.33 Å². The van der Waals surface area contributed by atoms with Crippen LogP contribution in [-0.4, -0.2) is 14.5 Å². The number of rotatable bonds is 2. The molecule has 6 nitrogen and oxygen atoms in total. The van der Waals surface area contributed by atoms with Crippen molar-refractivity contribution in [2.24, 2.45) is 7.05 Å². The molecule has 2 heterocycles. The Balaban J connectivity index is 2.42. The molecule has 0 aliphatic heterocycles. The molecule has 0 saturated heterocycles. The fourth-order valence-electron chi connectivity index (χ4n) is 1.40. The lowest BCUT2D eigenvalue weighted by Gasteiger charge is -1.99. The summed E-state index contributed by atoms with van der Waals surface area (Å²) in [6.45, 7) is 0.346. The van der Waals surface area contributed by atoms with Crippen molar-refractivity contribution in [3.63, 3.8) is 0 Å². The van der Waals surface area contributed by atoms with Crippen LogP contribution in [0, 0.1) is 0 Å². The zero-order valence-electron chi connectivity index (χ0n) is 8.53. The van der Waals surface area contributed by atoms with Crippen LogP contribution in [0.5, 0.6) is 0 Å². The molecule has 0 fully saturated rings. The molecular formula is C9H10ClN4O2+. The molecule has 2 N–H and O–H groups in total. The van der Waals surface area contributed by atoms with Gasteiger partial charge in [-0.2, -0.15) is 0 Å². The van der Waals surface area contributed by atoms with Crippen molar-refractivity contribution in [2.45, 2.75) is 6.54 Å². The molecule has 0 amide bonds. The van der Waals surface area contributed by atoms with Gasteiger partial charge in [-0.15, -0.1) is 0 Å². The highest BCUT2D eigenvalue weighted by Gasteiger charge is 2.10. The minimum Gasteiger partial charge on any atom is -0.306 e. The topological polar surface area (TPSA) is 74.5 Å². The molecule has 2 rings (SSSR count). The minimum absolute atomic E-state index is 0.0101. The molecule has 0 spiro atoms. The largest absolute Gasteiger partial charge is 0.326 e. The van der Waals surface area contributed by atoms with Gasteiger partial charge in [0.1, 0.15) is 24.0 Å². The number of H-pyrrole nitrogens is 2. The highest BCUT2D eigenvalue weighted by atomic mass is 35.5. The maximum atomic E-state index is 11.2. The highest BCUT2D eigenvalue weighted by molar-refractivity contribution is 6.30. The van der Waals surface area contributed by atoms with E-state index in [9.17, 15) is 9.59 Å². The molecule has 16 heavy (non-hydrogen) atoms. The summed E-state index contributed by atoms with van der Waals surface area (Å²) in [6.07, 6.45) is 5.48. The number of hydrogen-bond donors (Lipinski definition) is 2. The van der Waals surface area contributed by atoms with Gasteiger partial charge < -0.3 is 4.98 Å². The molecule has 84 valence electrons. The molecule has 0 unspecified atom stereocenters. The van der Waals surface area contributed by atoms with Crippen molar-refractivity contribution < 1.29 is 4.57 Å². The van der Waals surface area contributed by atoms with Crippen molar-refractivity contribution in [1.29, 1.82) is 0 Å². The fourth-order valence-corrected chi connectivity index (χ4v) is 1.56. The fraction of sp³-hybridized carbons (Fsp3) is 0.222. The Morgan fingerprint density at radius 3 is 2.81 bits per heavy atom. The third-order valence-electron chi connectivity index (χ3n) is 2.12. The van der Waals surface area contributed by atoms with Gasteiger partial charge in [-0.3, -0.25) is 9.78 Å². The smallest absolute Gasteiger partial charge is 0.306 e. The second kappa shape index (κ2) is 3.97. The van der Waals surface area contributed by atoms with Crippen LogP contribution in [0.25, 0.3) is 0 Å². The Hall–Kier alpha value is -1.82. The lowest BCUT2D eigenvalue weighted by atomic mass is 10.4. The summed E-state index contributed by atoms with van der Waals surface area (Å²) in [7, 11) is 1.87. The lowest BCUT2D eigenvalue weighted by Crippen LogP contribution is -2.26. The molecule has 2 aromatic heterocycles. The number of imidazole rings is 1. The molecule has 2 aromatic rings. The van der Waals surface area contributed by atoms with Crippen molar-refractivity contribution in [3.05, 3.63) is 50.3 Å². The van der Waals surface area contributed by atoms with E-state index in [0.29, 0.717) is 12.2 Å². The van der Waals surface area contributed by atoms with E-state index in [1.54, 1.807) is 4.57 Å². The SMILES string of the molecule is C[n+]1ccn(Cc2[nH]c(=O)[nH]c(=O)c2Cl)c1. The molecule has 0 atom stereocenters.